The SMILES string of the molecule is COCOc1ccc(C2(O)CCCCC2)cc1. The molecule has 2 rings (SSSR count). The topological polar surface area (TPSA) is 38.7 Å². The minimum absolute atomic E-state index is 0.254. The summed E-state index contributed by atoms with van der Waals surface area (Å²) in [6.07, 6.45) is 5.19. The van der Waals surface area contributed by atoms with Crippen molar-refractivity contribution < 1.29 is 14.6 Å². The molecule has 1 aromatic carbocycles. The third-order valence-electron chi connectivity index (χ3n) is 3.42. The van der Waals surface area contributed by atoms with Gasteiger partial charge in [0.2, 0.25) is 0 Å². The summed E-state index contributed by atoms with van der Waals surface area (Å²) in [6, 6.07) is 7.69. The fourth-order valence-corrected chi connectivity index (χ4v) is 2.41. The van der Waals surface area contributed by atoms with Gasteiger partial charge in [-0.2, -0.15) is 0 Å². The van der Waals surface area contributed by atoms with Crippen LogP contribution in [0.1, 0.15) is 37.7 Å². The third-order valence-corrected chi connectivity index (χ3v) is 3.42. The van der Waals surface area contributed by atoms with E-state index in [-0.39, 0.29) is 6.79 Å². The predicted octanol–water partition coefficient (Wildman–Crippen LogP) is 2.82. The van der Waals surface area contributed by atoms with E-state index < -0.39 is 5.60 Å². The third kappa shape index (κ3) is 2.99. The van der Waals surface area contributed by atoms with Crippen molar-refractivity contribution in [2.45, 2.75) is 37.7 Å². The van der Waals surface area contributed by atoms with E-state index in [0.29, 0.717) is 0 Å². The normalized spacial score (nSPS) is 18.9. The van der Waals surface area contributed by atoms with Crippen molar-refractivity contribution >= 4 is 0 Å². The van der Waals surface area contributed by atoms with Crippen LogP contribution in [-0.4, -0.2) is 19.0 Å². The van der Waals surface area contributed by atoms with Crippen LogP contribution >= 0.6 is 0 Å². The molecule has 1 N–H and O–H groups in total. The molecule has 3 nitrogen and oxygen atoms in total. The first-order valence-corrected chi connectivity index (χ1v) is 6.19. The molecule has 0 unspecified atom stereocenters. The molecule has 3 heteroatoms. The molecule has 1 aliphatic rings. The van der Waals surface area contributed by atoms with Crippen LogP contribution < -0.4 is 4.74 Å². The molecule has 1 saturated carbocycles. The number of methoxy groups -OCH3 is 1. The summed E-state index contributed by atoms with van der Waals surface area (Å²) in [5, 5.41) is 10.5. The largest absolute Gasteiger partial charge is 0.468 e. The lowest BCUT2D eigenvalue weighted by Crippen LogP contribution is -2.28. The average Bonchev–Trinajstić information content (AvgIpc) is 2.38. The van der Waals surface area contributed by atoms with Crippen molar-refractivity contribution in [1.82, 2.24) is 0 Å². The van der Waals surface area contributed by atoms with Crippen molar-refractivity contribution in [1.29, 1.82) is 0 Å². The molecule has 0 bridgehead atoms. The van der Waals surface area contributed by atoms with Gasteiger partial charge in [-0.25, -0.2) is 0 Å². The number of benzene rings is 1. The van der Waals surface area contributed by atoms with Gasteiger partial charge in [0.1, 0.15) is 5.75 Å². The molecule has 94 valence electrons. The van der Waals surface area contributed by atoms with Gasteiger partial charge >= 0.3 is 0 Å². The summed E-state index contributed by atoms with van der Waals surface area (Å²) >= 11 is 0. The zero-order chi connectivity index (χ0) is 12.1. The number of ether oxygens (including phenoxy) is 2. The smallest absolute Gasteiger partial charge is 0.188 e. The van der Waals surface area contributed by atoms with Crippen molar-refractivity contribution in [3.63, 3.8) is 0 Å². The van der Waals surface area contributed by atoms with Crippen LogP contribution in [0.4, 0.5) is 0 Å². The minimum Gasteiger partial charge on any atom is -0.468 e. The number of hydrogen-bond acceptors (Lipinski definition) is 3. The fraction of sp³-hybridized carbons (Fsp3) is 0.571. The summed E-state index contributed by atoms with van der Waals surface area (Å²) in [5.74, 6) is 0.773. The van der Waals surface area contributed by atoms with Gasteiger partial charge in [-0.3, -0.25) is 0 Å². The Morgan fingerprint density at radius 3 is 2.35 bits per heavy atom. The Morgan fingerprint density at radius 1 is 1.12 bits per heavy atom. The highest BCUT2D eigenvalue weighted by molar-refractivity contribution is 5.31. The molecule has 0 radical (unpaired) electrons. The van der Waals surface area contributed by atoms with Gasteiger partial charge < -0.3 is 14.6 Å². The Balaban J connectivity index is 2.06. The van der Waals surface area contributed by atoms with Crippen molar-refractivity contribution in [3.8, 4) is 5.75 Å². The zero-order valence-corrected chi connectivity index (χ0v) is 10.3. The summed E-state index contributed by atoms with van der Waals surface area (Å²) in [6.45, 7) is 0.254. The van der Waals surface area contributed by atoms with Gasteiger partial charge in [0, 0.05) is 7.11 Å². The van der Waals surface area contributed by atoms with Gasteiger partial charge in [-0.1, -0.05) is 31.4 Å². The molecule has 0 saturated heterocycles. The van der Waals surface area contributed by atoms with Crippen LogP contribution in [0, 0.1) is 0 Å². The Bertz CT molecular complexity index is 339. The second-order valence-electron chi connectivity index (χ2n) is 4.67. The molecule has 0 heterocycles. The quantitative estimate of drug-likeness (QED) is 0.817. The number of hydrogen-bond donors (Lipinski definition) is 1. The van der Waals surface area contributed by atoms with Crippen LogP contribution in [0.25, 0.3) is 0 Å². The minimum atomic E-state index is -0.627. The van der Waals surface area contributed by atoms with Crippen molar-refractivity contribution in [3.05, 3.63) is 29.8 Å². The molecule has 0 aromatic heterocycles. The van der Waals surface area contributed by atoms with Gasteiger partial charge in [0.25, 0.3) is 0 Å². The van der Waals surface area contributed by atoms with Gasteiger partial charge in [-0.15, -0.1) is 0 Å². The van der Waals surface area contributed by atoms with E-state index in [1.54, 1.807) is 7.11 Å². The van der Waals surface area contributed by atoms with Crippen LogP contribution in [-0.2, 0) is 10.3 Å². The average molecular weight is 236 g/mol. The highest BCUT2D eigenvalue weighted by Gasteiger charge is 2.30. The monoisotopic (exact) mass is 236 g/mol. The molecular formula is C14H20O3. The zero-order valence-electron chi connectivity index (χ0n) is 10.3. The highest BCUT2D eigenvalue weighted by Crippen LogP contribution is 2.37. The van der Waals surface area contributed by atoms with Crippen molar-refractivity contribution in [2.75, 3.05) is 13.9 Å². The van der Waals surface area contributed by atoms with E-state index in [2.05, 4.69) is 0 Å². The second-order valence-corrected chi connectivity index (χ2v) is 4.67. The van der Waals surface area contributed by atoms with E-state index in [4.69, 9.17) is 9.47 Å². The van der Waals surface area contributed by atoms with E-state index in [1.807, 2.05) is 24.3 Å². The molecule has 0 aliphatic heterocycles. The van der Waals surface area contributed by atoms with Gasteiger partial charge in [0.15, 0.2) is 6.79 Å². The standard InChI is InChI=1S/C14H20O3/c1-16-11-17-13-7-5-12(6-8-13)14(15)9-3-2-4-10-14/h5-8,15H,2-4,9-11H2,1H3. The van der Waals surface area contributed by atoms with E-state index in [0.717, 1.165) is 37.0 Å². The summed E-state index contributed by atoms with van der Waals surface area (Å²) in [4.78, 5) is 0. The molecule has 0 amide bonds. The lowest BCUT2D eigenvalue weighted by Gasteiger charge is -2.32. The van der Waals surface area contributed by atoms with Crippen LogP contribution in [0.15, 0.2) is 24.3 Å². The first kappa shape index (κ1) is 12.4. The second kappa shape index (κ2) is 5.52. The summed E-state index contributed by atoms with van der Waals surface area (Å²) < 4.78 is 10.2. The van der Waals surface area contributed by atoms with E-state index in [1.165, 1.54) is 6.42 Å². The molecule has 1 fully saturated rings. The van der Waals surface area contributed by atoms with Crippen LogP contribution in [0.2, 0.25) is 0 Å². The van der Waals surface area contributed by atoms with E-state index in [9.17, 15) is 5.11 Å². The van der Waals surface area contributed by atoms with Gasteiger partial charge in [-0.05, 0) is 30.5 Å². The Kier molecular flexibility index (Phi) is 4.02. The summed E-state index contributed by atoms with van der Waals surface area (Å²) in [7, 11) is 1.60. The van der Waals surface area contributed by atoms with Crippen molar-refractivity contribution in [2.24, 2.45) is 0 Å². The molecular weight excluding hydrogens is 216 g/mol. The lowest BCUT2D eigenvalue weighted by atomic mass is 9.80. The maximum atomic E-state index is 10.5. The lowest BCUT2D eigenvalue weighted by molar-refractivity contribution is -0.000749. The molecule has 1 aliphatic carbocycles. The van der Waals surface area contributed by atoms with Gasteiger partial charge in [0.05, 0.1) is 5.60 Å². The van der Waals surface area contributed by atoms with E-state index >= 15 is 0 Å². The fourth-order valence-electron chi connectivity index (χ4n) is 2.41. The first-order chi connectivity index (χ1) is 8.24. The van der Waals surface area contributed by atoms with Crippen LogP contribution in [0.5, 0.6) is 5.75 Å². The maximum Gasteiger partial charge on any atom is 0.188 e. The Morgan fingerprint density at radius 2 is 1.76 bits per heavy atom. The molecule has 0 spiro atoms. The van der Waals surface area contributed by atoms with Crippen LogP contribution in [0.3, 0.4) is 0 Å². The molecule has 1 aromatic rings. The number of aliphatic hydroxyl groups is 1. The summed E-state index contributed by atoms with van der Waals surface area (Å²) in [5.41, 5.74) is 0.375. The number of rotatable bonds is 4. The Labute approximate surface area is 102 Å². The highest BCUT2D eigenvalue weighted by atomic mass is 16.7. The predicted molar refractivity (Wildman–Crippen MR) is 65.9 cm³/mol. The molecule has 0 atom stereocenters. The molecule has 17 heavy (non-hydrogen) atoms. The first-order valence-electron chi connectivity index (χ1n) is 6.19. The maximum absolute atomic E-state index is 10.5. The Hall–Kier alpha value is -1.06.